The zero-order valence-electron chi connectivity index (χ0n) is 8.90. The SMILES string of the molecule is CCCCCCCC(=O)C(O)(O)C(=O)O. The van der Waals surface area contributed by atoms with Crippen molar-refractivity contribution in [1.29, 1.82) is 0 Å². The molecule has 0 heterocycles. The fraction of sp³-hybridized carbons (Fsp3) is 0.800. The normalized spacial score (nSPS) is 11.4. The zero-order chi connectivity index (χ0) is 11.9. The monoisotopic (exact) mass is 218 g/mol. The van der Waals surface area contributed by atoms with Gasteiger partial charge in [0.2, 0.25) is 5.78 Å². The molecule has 0 aromatic heterocycles. The van der Waals surface area contributed by atoms with Crippen molar-refractivity contribution in [3.63, 3.8) is 0 Å². The van der Waals surface area contributed by atoms with E-state index in [4.69, 9.17) is 15.3 Å². The van der Waals surface area contributed by atoms with Crippen molar-refractivity contribution < 1.29 is 24.9 Å². The maximum absolute atomic E-state index is 11.1. The maximum Gasteiger partial charge on any atom is 0.372 e. The standard InChI is InChI=1S/C10H18O5/c1-2-3-4-5-6-7-8(11)10(14,15)9(12)13/h14-15H,2-7H2,1H3,(H,12,13). The van der Waals surface area contributed by atoms with Gasteiger partial charge in [-0.15, -0.1) is 0 Å². The summed E-state index contributed by atoms with van der Waals surface area (Å²) in [6.07, 6.45) is 4.30. The van der Waals surface area contributed by atoms with Gasteiger partial charge in [-0.05, 0) is 6.42 Å². The molecule has 5 nitrogen and oxygen atoms in total. The van der Waals surface area contributed by atoms with Gasteiger partial charge in [0, 0.05) is 6.42 Å². The van der Waals surface area contributed by atoms with Crippen LogP contribution in [0.15, 0.2) is 0 Å². The highest BCUT2D eigenvalue weighted by molar-refractivity contribution is 6.03. The highest BCUT2D eigenvalue weighted by Gasteiger charge is 2.40. The Bertz CT molecular complexity index is 222. The number of hydrogen-bond acceptors (Lipinski definition) is 4. The van der Waals surface area contributed by atoms with Crippen LogP contribution in [0.2, 0.25) is 0 Å². The summed E-state index contributed by atoms with van der Waals surface area (Å²) in [4.78, 5) is 21.3. The summed E-state index contributed by atoms with van der Waals surface area (Å²) in [6.45, 7) is 2.06. The van der Waals surface area contributed by atoms with E-state index in [1.807, 2.05) is 0 Å². The van der Waals surface area contributed by atoms with Crippen molar-refractivity contribution in [3.05, 3.63) is 0 Å². The number of Topliss-reactive ketones (excluding diaryl/α,β-unsaturated/α-hetero) is 1. The number of aliphatic carboxylic acids is 1. The van der Waals surface area contributed by atoms with E-state index in [0.717, 1.165) is 25.7 Å². The number of rotatable bonds is 8. The van der Waals surface area contributed by atoms with Crippen molar-refractivity contribution in [1.82, 2.24) is 0 Å². The first-order valence-electron chi connectivity index (χ1n) is 5.14. The molecule has 0 atom stereocenters. The number of carboxylic acids is 1. The molecule has 0 aromatic rings. The van der Waals surface area contributed by atoms with Gasteiger partial charge in [-0.25, -0.2) is 4.79 Å². The van der Waals surface area contributed by atoms with Crippen LogP contribution in [0.1, 0.15) is 45.4 Å². The smallest absolute Gasteiger partial charge is 0.372 e. The summed E-state index contributed by atoms with van der Waals surface area (Å²) in [5, 5.41) is 26.1. The van der Waals surface area contributed by atoms with E-state index in [2.05, 4.69) is 6.92 Å². The topological polar surface area (TPSA) is 94.8 Å². The molecule has 0 rings (SSSR count). The van der Waals surface area contributed by atoms with E-state index in [-0.39, 0.29) is 6.42 Å². The fourth-order valence-electron chi connectivity index (χ4n) is 1.18. The van der Waals surface area contributed by atoms with Gasteiger partial charge < -0.3 is 15.3 Å². The van der Waals surface area contributed by atoms with Crippen LogP contribution in [0.5, 0.6) is 0 Å². The molecule has 0 spiro atoms. The van der Waals surface area contributed by atoms with Gasteiger partial charge in [0.05, 0.1) is 0 Å². The van der Waals surface area contributed by atoms with E-state index in [1.54, 1.807) is 0 Å². The first-order valence-corrected chi connectivity index (χ1v) is 5.14. The van der Waals surface area contributed by atoms with E-state index in [9.17, 15) is 9.59 Å². The number of ketones is 1. The summed E-state index contributed by atoms with van der Waals surface area (Å²) in [5.41, 5.74) is 0. The second-order valence-electron chi connectivity index (χ2n) is 3.56. The number of carbonyl (C=O) groups is 2. The third-order valence-electron chi connectivity index (χ3n) is 2.19. The Morgan fingerprint density at radius 3 is 2.07 bits per heavy atom. The number of aliphatic hydroxyl groups is 2. The lowest BCUT2D eigenvalue weighted by molar-refractivity contribution is -0.204. The molecular weight excluding hydrogens is 200 g/mol. The molecule has 88 valence electrons. The molecule has 0 fully saturated rings. The Morgan fingerprint density at radius 1 is 1.07 bits per heavy atom. The summed E-state index contributed by atoms with van der Waals surface area (Å²) < 4.78 is 0. The van der Waals surface area contributed by atoms with Gasteiger partial charge in [-0.1, -0.05) is 32.6 Å². The third kappa shape index (κ3) is 4.90. The first kappa shape index (κ1) is 14.1. The maximum atomic E-state index is 11.1. The summed E-state index contributed by atoms with van der Waals surface area (Å²) in [6, 6.07) is 0. The summed E-state index contributed by atoms with van der Waals surface area (Å²) in [5.74, 6) is -6.18. The quantitative estimate of drug-likeness (QED) is 0.316. The Kier molecular flexibility index (Phi) is 6.12. The number of carboxylic acid groups (broad SMARTS) is 1. The Labute approximate surface area is 88.7 Å². The van der Waals surface area contributed by atoms with Crippen LogP contribution >= 0.6 is 0 Å². The molecule has 0 amide bonds. The number of hydrogen-bond donors (Lipinski definition) is 3. The Morgan fingerprint density at radius 2 is 1.60 bits per heavy atom. The Balaban J connectivity index is 3.79. The lowest BCUT2D eigenvalue weighted by Crippen LogP contribution is -2.46. The van der Waals surface area contributed by atoms with Gasteiger partial charge >= 0.3 is 11.8 Å². The average molecular weight is 218 g/mol. The Hall–Kier alpha value is -0.940. The van der Waals surface area contributed by atoms with Crippen LogP contribution in [0.25, 0.3) is 0 Å². The lowest BCUT2D eigenvalue weighted by Gasteiger charge is -2.14. The highest BCUT2D eigenvalue weighted by atomic mass is 16.5. The molecule has 3 N–H and O–H groups in total. The van der Waals surface area contributed by atoms with Gasteiger partial charge in [-0.2, -0.15) is 0 Å². The molecule has 0 saturated carbocycles. The van der Waals surface area contributed by atoms with Gasteiger partial charge in [-0.3, -0.25) is 4.79 Å². The molecule has 0 aliphatic heterocycles. The van der Waals surface area contributed by atoms with E-state index in [1.165, 1.54) is 0 Å². The molecule has 0 unspecified atom stereocenters. The highest BCUT2D eigenvalue weighted by Crippen LogP contribution is 2.10. The van der Waals surface area contributed by atoms with Crippen molar-refractivity contribution in [3.8, 4) is 0 Å². The van der Waals surface area contributed by atoms with E-state index < -0.39 is 17.5 Å². The molecule has 0 aliphatic rings. The largest absolute Gasteiger partial charge is 0.477 e. The van der Waals surface area contributed by atoms with Crippen LogP contribution in [0.3, 0.4) is 0 Å². The third-order valence-corrected chi connectivity index (χ3v) is 2.19. The predicted octanol–water partition coefficient (Wildman–Crippen LogP) is 0.681. The molecule has 0 aromatic carbocycles. The second kappa shape index (κ2) is 6.53. The van der Waals surface area contributed by atoms with Gasteiger partial charge in [0.25, 0.3) is 0 Å². The molecular formula is C10H18O5. The summed E-state index contributed by atoms with van der Waals surface area (Å²) >= 11 is 0. The van der Waals surface area contributed by atoms with Crippen LogP contribution in [-0.4, -0.2) is 32.9 Å². The van der Waals surface area contributed by atoms with E-state index in [0.29, 0.717) is 6.42 Å². The molecule has 0 aliphatic carbocycles. The zero-order valence-corrected chi connectivity index (χ0v) is 8.90. The molecule has 15 heavy (non-hydrogen) atoms. The average Bonchev–Trinajstić information content (AvgIpc) is 2.16. The van der Waals surface area contributed by atoms with Crippen molar-refractivity contribution in [2.45, 2.75) is 51.2 Å². The van der Waals surface area contributed by atoms with Gasteiger partial charge in [0.15, 0.2) is 0 Å². The minimum absolute atomic E-state index is 0.108. The van der Waals surface area contributed by atoms with Gasteiger partial charge in [0.1, 0.15) is 0 Å². The molecule has 0 bridgehead atoms. The van der Waals surface area contributed by atoms with Crippen molar-refractivity contribution in [2.24, 2.45) is 0 Å². The minimum atomic E-state index is -3.22. The van der Waals surface area contributed by atoms with Crippen LogP contribution < -0.4 is 0 Å². The summed E-state index contributed by atoms with van der Waals surface area (Å²) in [7, 11) is 0. The molecule has 0 radical (unpaired) electrons. The fourth-order valence-corrected chi connectivity index (χ4v) is 1.18. The first-order chi connectivity index (χ1) is 6.92. The van der Waals surface area contributed by atoms with Crippen molar-refractivity contribution >= 4 is 11.8 Å². The van der Waals surface area contributed by atoms with Crippen LogP contribution in [0, 0.1) is 0 Å². The molecule has 5 heteroatoms. The minimum Gasteiger partial charge on any atom is -0.477 e. The lowest BCUT2D eigenvalue weighted by atomic mass is 10.0. The number of unbranched alkanes of at least 4 members (excludes halogenated alkanes) is 4. The van der Waals surface area contributed by atoms with E-state index >= 15 is 0 Å². The number of carbonyl (C=O) groups excluding carboxylic acids is 1. The second-order valence-corrected chi connectivity index (χ2v) is 3.56. The van der Waals surface area contributed by atoms with Crippen LogP contribution in [-0.2, 0) is 9.59 Å². The van der Waals surface area contributed by atoms with Crippen molar-refractivity contribution in [2.75, 3.05) is 0 Å². The molecule has 0 saturated heterocycles. The predicted molar refractivity (Wildman–Crippen MR) is 53.2 cm³/mol. The van der Waals surface area contributed by atoms with Crippen LogP contribution in [0.4, 0.5) is 0 Å².